The van der Waals surface area contributed by atoms with E-state index >= 15 is 0 Å². The molecule has 0 fully saturated rings. The zero-order chi connectivity index (χ0) is 23.4. The number of carbonyl (C=O) groups excluding carboxylic acids is 1. The van der Waals surface area contributed by atoms with Gasteiger partial charge in [-0.2, -0.15) is 0 Å². The van der Waals surface area contributed by atoms with Crippen LogP contribution in [0.1, 0.15) is 42.7 Å². The van der Waals surface area contributed by atoms with E-state index < -0.39 is 0 Å². The van der Waals surface area contributed by atoms with Gasteiger partial charge in [0.25, 0.3) is 5.56 Å². The molecule has 2 aromatic carbocycles. The average molecular weight is 445 g/mol. The van der Waals surface area contributed by atoms with Crippen LogP contribution in [0.25, 0.3) is 11.4 Å². The maximum atomic E-state index is 13.6. The van der Waals surface area contributed by atoms with Gasteiger partial charge in [-0.15, -0.1) is 0 Å². The Hall–Kier alpha value is -3.25. The van der Waals surface area contributed by atoms with E-state index in [1.807, 2.05) is 63.2 Å². The molecule has 1 N–H and O–H groups in total. The number of rotatable bonds is 7. The minimum atomic E-state index is -0.164. The second-order valence-electron chi connectivity index (χ2n) is 8.94. The van der Waals surface area contributed by atoms with Crippen LogP contribution >= 0.6 is 0 Å². The summed E-state index contributed by atoms with van der Waals surface area (Å²) in [6, 6.07) is 18.4. The van der Waals surface area contributed by atoms with Crippen molar-refractivity contribution in [2.24, 2.45) is 0 Å². The molecule has 1 atom stereocenters. The smallest absolute Gasteiger partial charge is 0.257 e. The van der Waals surface area contributed by atoms with Crippen LogP contribution in [0.15, 0.2) is 59.4 Å². The van der Waals surface area contributed by atoms with E-state index in [-0.39, 0.29) is 24.1 Å². The van der Waals surface area contributed by atoms with E-state index in [0.717, 1.165) is 41.9 Å². The Kier molecular flexibility index (Phi) is 7.04. The normalized spacial score (nSPS) is 14.5. The quantitative estimate of drug-likeness (QED) is 0.604. The maximum Gasteiger partial charge on any atom is 0.257 e. The highest BCUT2D eigenvalue weighted by atomic mass is 16.2. The zero-order valence-electron chi connectivity index (χ0n) is 19.7. The number of carbonyl (C=O) groups is 1. The molecule has 0 aliphatic carbocycles. The summed E-state index contributed by atoms with van der Waals surface area (Å²) in [5, 5.41) is 2.97. The third-order valence-electron chi connectivity index (χ3n) is 6.28. The molecule has 1 aliphatic heterocycles. The molecule has 0 radical (unpaired) electrons. The Morgan fingerprint density at radius 2 is 1.85 bits per heavy atom. The Bertz CT molecular complexity index is 1170. The first kappa shape index (κ1) is 22.9. The first-order valence-electron chi connectivity index (χ1n) is 11.7. The summed E-state index contributed by atoms with van der Waals surface area (Å²) in [6.45, 7) is 8.23. The summed E-state index contributed by atoms with van der Waals surface area (Å²) in [4.78, 5) is 33.5. The van der Waals surface area contributed by atoms with Gasteiger partial charge in [0.2, 0.25) is 5.91 Å². The van der Waals surface area contributed by atoms with Crippen molar-refractivity contribution in [1.29, 1.82) is 0 Å². The van der Waals surface area contributed by atoms with Crippen LogP contribution in [0.5, 0.6) is 0 Å². The van der Waals surface area contributed by atoms with Gasteiger partial charge in [-0.25, -0.2) is 4.98 Å². The number of hydrogen-bond donors (Lipinski definition) is 1. The largest absolute Gasteiger partial charge is 0.352 e. The summed E-state index contributed by atoms with van der Waals surface area (Å²) >= 11 is 0. The lowest BCUT2D eigenvalue weighted by atomic mass is 10.0. The molecule has 6 nitrogen and oxygen atoms in total. The topological polar surface area (TPSA) is 67.2 Å². The van der Waals surface area contributed by atoms with Crippen molar-refractivity contribution >= 4 is 5.91 Å². The fourth-order valence-electron chi connectivity index (χ4n) is 4.19. The van der Waals surface area contributed by atoms with E-state index in [1.54, 1.807) is 4.57 Å². The molecule has 1 aromatic heterocycles. The van der Waals surface area contributed by atoms with Gasteiger partial charge in [-0.05, 0) is 32.3 Å². The molecule has 0 saturated heterocycles. The molecule has 0 spiro atoms. The summed E-state index contributed by atoms with van der Waals surface area (Å²) in [5.41, 5.74) is 4.66. The minimum absolute atomic E-state index is 0.0274. The van der Waals surface area contributed by atoms with Gasteiger partial charge in [0, 0.05) is 36.8 Å². The number of hydrogen-bond acceptors (Lipinski definition) is 4. The summed E-state index contributed by atoms with van der Waals surface area (Å²) in [6.07, 6.45) is 1.47. The van der Waals surface area contributed by atoms with Crippen molar-refractivity contribution in [1.82, 2.24) is 19.8 Å². The van der Waals surface area contributed by atoms with Crippen molar-refractivity contribution in [3.05, 3.63) is 87.3 Å². The molecule has 6 heteroatoms. The number of aryl methyl sites for hydroxylation is 1. The van der Waals surface area contributed by atoms with Crippen LogP contribution in [-0.2, 0) is 30.8 Å². The van der Waals surface area contributed by atoms with E-state index in [1.165, 1.54) is 5.56 Å². The summed E-state index contributed by atoms with van der Waals surface area (Å²) < 4.78 is 1.55. The average Bonchev–Trinajstić information content (AvgIpc) is 2.82. The standard InChI is InChI=1S/C27H32N4O2/c1-4-20(3)28-25(32)18-31-26(22-12-10-19(2)11-13-22)29-24-17-30(15-14-23(24)27(31)33)16-21-8-6-5-7-9-21/h5-13,20H,4,14-18H2,1-3H3,(H,28,32)/t20-/m0/s1. The van der Waals surface area contributed by atoms with E-state index in [4.69, 9.17) is 4.98 Å². The lowest BCUT2D eigenvalue weighted by molar-refractivity contribution is -0.122. The predicted octanol–water partition coefficient (Wildman–Crippen LogP) is 3.69. The molecule has 33 heavy (non-hydrogen) atoms. The minimum Gasteiger partial charge on any atom is -0.352 e. The third-order valence-corrected chi connectivity index (χ3v) is 6.28. The highest BCUT2D eigenvalue weighted by Crippen LogP contribution is 2.22. The first-order chi connectivity index (χ1) is 15.9. The lowest BCUT2D eigenvalue weighted by Crippen LogP contribution is -2.41. The van der Waals surface area contributed by atoms with Crippen molar-refractivity contribution < 1.29 is 4.79 Å². The second kappa shape index (κ2) is 10.1. The molecular formula is C27H32N4O2. The van der Waals surface area contributed by atoms with Crippen molar-refractivity contribution in [2.75, 3.05) is 6.54 Å². The van der Waals surface area contributed by atoms with Crippen LogP contribution in [-0.4, -0.2) is 32.9 Å². The van der Waals surface area contributed by atoms with Crippen molar-refractivity contribution in [3.63, 3.8) is 0 Å². The van der Waals surface area contributed by atoms with E-state index in [2.05, 4.69) is 22.3 Å². The van der Waals surface area contributed by atoms with Crippen LogP contribution < -0.4 is 10.9 Å². The monoisotopic (exact) mass is 444 g/mol. The third kappa shape index (κ3) is 5.40. The number of aromatic nitrogens is 2. The number of nitrogens with zero attached hydrogens (tertiary/aromatic N) is 3. The SMILES string of the molecule is CC[C@H](C)NC(=O)Cn1c(-c2ccc(C)cc2)nc2c(c1=O)CCN(Cc1ccccc1)C2. The van der Waals surface area contributed by atoms with Crippen LogP contribution in [0, 0.1) is 6.92 Å². The summed E-state index contributed by atoms with van der Waals surface area (Å²) in [5.74, 6) is 0.391. The van der Waals surface area contributed by atoms with Crippen LogP contribution in [0.3, 0.4) is 0 Å². The molecule has 1 aliphatic rings. The summed E-state index contributed by atoms with van der Waals surface area (Å²) in [7, 11) is 0. The first-order valence-corrected chi connectivity index (χ1v) is 11.7. The maximum absolute atomic E-state index is 13.6. The molecule has 0 saturated carbocycles. The molecule has 1 amide bonds. The molecule has 3 aromatic rings. The molecule has 2 heterocycles. The van der Waals surface area contributed by atoms with Crippen molar-refractivity contribution in [2.45, 2.75) is 59.3 Å². The number of fused-ring (bicyclic) bond motifs is 1. The van der Waals surface area contributed by atoms with Crippen molar-refractivity contribution in [3.8, 4) is 11.4 Å². The molecule has 4 rings (SSSR count). The molecular weight excluding hydrogens is 412 g/mol. The van der Waals surface area contributed by atoms with Crippen LogP contribution in [0.4, 0.5) is 0 Å². The van der Waals surface area contributed by atoms with Gasteiger partial charge >= 0.3 is 0 Å². The zero-order valence-corrected chi connectivity index (χ0v) is 19.7. The fraction of sp³-hybridized carbons (Fsp3) is 0.370. The van der Waals surface area contributed by atoms with Gasteiger partial charge in [0.05, 0.1) is 5.69 Å². The Balaban J connectivity index is 1.69. The van der Waals surface area contributed by atoms with Gasteiger partial charge in [0.1, 0.15) is 12.4 Å². The Labute approximate surface area is 195 Å². The van der Waals surface area contributed by atoms with E-state index in [0.29, 0.717) is 18.8 Å². The number of benzene rings is 2. The number of amides is 1. The fourth-order valence-corrected chi connectivity index (χ4v) is 4.19. The Morgan fingerprint density at radius 1 is 1.12 bits per heavy atom. The lowest BCUT2D eigenvalue weighted by Gasteiger charge is -2.29. The Morgan fingerprint density at radius 3 is 2.55 bits per heavy atom. The van der Waals surface area contributed by atoms with E-state index in [9.17, 15) is 9.59 Å². The highest BCUT2D eigenvalue weighted by Gasteiger charge is 2.25. The van der Waals surface area contributed by atoms with Gasteiger partial charge in [0.15, 0.2) is 0 Å². The molecule has 172 valence electrons. The van der Waals surface area contributed by atoms with Gasteiger partial charge < -0.3 is 5.32 Å². The van der Waals surface area contributed by atoms with Crippen LogP contribution in [0.2, 0.25) is 0 Å². The highest BCUT2D eigenvalue weighted by molar-refractivity contribution is 5.76. The van der Waals surface area contributed by atoms with Gasteiger partial charge in [-0.1, -0.05) is 67.1 Å². The molecule has 0 bridgehead atoms. The van der Waals surface area contributed by atoms with Gasteiger partial charge in [-0.3, -0.25) is 19.1 Å². The molecule has 0 unspecified atom stereocenters. The second-order valence-corrected chi connectivity index (χ2v) is 8.94. The predicted molar refractivity (Wildman–Crippen MR) is 131 cm³/mol. The number of nitrogens with one attached hydrogen (secondary N) is 1.